The van der Waals surface area contributed by atoms with Crippen LogP contribution in [0.1, 0.15) is 41.2 Å². The van der Waals surface area contributed by atoms with Crippen LogP contribution in [-0.2, 0) is 13.0 Å². The fourth-order valence-electron chi connectivity index (χ4n) is 2.90. The molecule has 0 aliphatic carbocycles. The number of ether oxygens (including phenoxy) is 1. The highest BCUT2D eigenvalue weighted by molar-refractivity contribution is 5.57. The van der Waals surface area contributed by atoms with Gasteiger partial charge in [0.2, 0.25) is 0 Å². The lowest BCUT2D eigenvalue weighted by Crippen LogP contribution is -2.21. The molecule has 2 aromatic carbocycles. The van der Waals surface area contributed by atoms with Gasteiger partial charge < -0.3 is 14.9 Å². The van der Waals surface area contributed by atoms with Crippen LogP contribution in [0.3, 0.4) is 0 Å². The highest BCUT2D eigenvalue weighted by Gasteiger charge is 2.21. The first-order valence-corrected chi connectivity index (χ1v) is 8.61. The summed E-state index contributed by atoms with van der Waals surface area (Å²) in [6, 6.07) is 10.0. The van der Waals surface area contributed by atoms with Gasteiger partial charge in [-0.05, 0) is 62.8 Å². The average molecular weight is 340 g/mol. The zero-order chi connectivity index (χ0) is 18.6. The van der Waals surface area contributed by atoms with Gasteiger partial charge in [0.1, 0.15) is 18.1 Å². The number of aromatic hydroxyl groups is 1. The van der Waals surface area contributed by atoms with Crippen molar-refractivity contribution in [1.82, 2.24) is 0 Å². The number of benzene rings is 2. The van der Waals surface area contributed by atoms with Crippen LogP contribution in [0.2, 0.25) is 0 Å². The minimum atomic E-state index is -0.956. The molecule has 0 aliphatic rings. The highest BCUT2D eigenvalue weighted by Crippen LogP contribution is 2.38. The predicted octanol–water partition coefficient (Wildman–Crippen LogP) is 4.77. The highest BCUT2D eigenvalue weighted by atomic mass is 16.5. The summed E-state index contributed by atoms with van der Waals surface area (Å²) in [4.78, 5) is 0. The Morgan fingerprint density at radius 3 is 2.32 bits per heavy atom. The third-order valence-corrected chi connectivity index (χ3v) is 4.88. The molecule has 1 atom stereocenters. The van der Waals surface area contributed by atoms with Gasteiger partial charge in [-0.3, -0.25) is 0 Å². The van der Waals surface area contributed by atoms with E-state index >= 15 is 0 Å². The van der Waals surface area contributed by atoms with Crippen molar-refractivity contribution in [3.8, 4) is 11.5 Å². The van der Waals surface area contributed by atoms with Gasteiger partial charge in [-0.25, -0.2) is 0 Å². The molecule has 0 unspecified atom stereocenters. The van der Waals surface area contributed by atoms with E-state index < -0.39 is 5.60 Å². The van der Waals surface area contributed by atoms with Crippen LogP contribution in [0.25, 0.3) is 0 Å². The van der Waals surface area contributed by atoms with E-state index in [1.54, 1.807) is 6.92 Å². The van der Waals surface area contributed by atoms with E-state index in [1.807, 2.05) is 51.1 Å². The Balaban J connectivity index is 2.31. The molecule has 2 rings (SSSR count). The maximum absolute atomic E-state index is 10.6. The smallest absolute Gasteiger partial charge is 0.126 e. The van der Waals surface area contributed by atoms with Gasteiger partial charge in [-0.1, -0.05) is 36.4 Å². The van der Waals surface area contributed by atoms with Crippen molar-refractivity contribution in [2.75, 3.05) is 0 Å². The van der Waals surface area contributed by atoms with E-state index in [0.717, 1.165) is 33.6 Å². The van der Waals surface area contributed by atoms with Crippen molar-refractivity contribution >= 4 is 0 Å². The van der Waals surface area contributed by atoms with Gasteiger partial charge in [-0.2, -0.15) is 0 Å². The summed E-state index contributed by atoms with van der Waals surface area (Å²) >= 11 is 0. The first-order valence-electron chi connectivity index (χ1n) is 8.61. The minimum Gasteiger partial charge on any atom is -0.507 e. The molecule has 3 heteroatoms. The lowest BCUT2D eigenvalue weighted by atomic mass is 9.90. The molecule has 2 aromatic rings. The average Bonchev–Trinajstić information content (AvgIpc) is 2.60. The number of phenols is 1. The number of hydrogen-bond donors (Lipinski definition) is 2. The summed E-state index contributed by atoms with van der Waals surface area (Å²) in [5, 5.41) is 20.8. The molecule has 0 saturated heterocycles. The number of aliphatic hydroxyl groups is 1. The van der Waals surface area contributed by atoms with Crippen LogP contribution in [0.15, 0.2) is 43.0 Å². The molecule has 0 saturated carbocycles. The summed E-state index contributed by atoms with van der Waals surface area (Å²) < 4.78 is 6.09. The minimum absolute atomic E-state index is 0.293. The Kier molecular flexibility index (Phi) is 5.91. The molecular formula is C22H28O3. The van der Waals surface area contributed by atoms with Crippen LogP contribution in [0.4, 0.5) is 0 Å². The molecule has 25 heavy (non-hydrogen) atoms. The lowest BCUT2D eigenvalue weighted by molar-refractivity contribution is 0.102. The summed E-state index contributed by atoms with van der Waals surface area (Å²) in [5.41, 5.74) is 3.67. The second-order valence-corrected chi connectivity index (χ2v) is 6.87. The lowest BCUT2D eigenvalue weighted by Gasteiger charge is -2.23. The Morgan fingerprint density at radius 2 is 1.72 bits per heavy atom. The Hall–Kier alpha value is -2.26. The van der Waals surface area contributed by atoms with E-state index in [9.17, 15) is 10.2 Å². The fourth-order valence-corrected chi connectivity index (χ4v) is 2.90. The maximum atomic E-state index is 10.6. The van der Waals surface area contributed by atoms with Crippen LogP contribution in [0, 0.1) is 20.8 Å². The Labute approximate surface area is 150 Å². The van der Waals surface area contributed by atoms with Gasteiger partial charge in [0.15, 0.2) is 0 Å². The predicted molar refractivity (Wildman–Crippen MR) is 102 cm³/mol. The van der Waals surface area contributed by atoms with Gasteiger partial charge >= 0.3 is 0 Å². The second-order valence-electron chi connectivity index (χ2n) is 6.87. The van der Waals surface area contributed by atoms with Crippen molar-refractivity contribution in [1.29, 1.82) is 0 Å². The van der Waals surface area contributed by atoms with Crippen molar-refractivity contribution in [2.45, 2.75) is 52.7 Å². The monoisotopic (exact) mass is 340 g/mol. The van der Waals surface area contributed by atoms with Crippen molar-refractivity contribution in [2.24, 2.45) is 0 Å². The first kappa shape index (κ1) is 19.1. The van der Waals surface area contributed by atoms with Crippen molar-refractivity contribution in [3.63, 3.8) is 0 Å². The molecule has 0 aromatic heterocycles. The van der Waals surface area contributed by atoms with Crippen LogP contribution < -0.4 is 4.74 Å². The van der Waals surface area contributed by atoms with Crippen LogP contribution in [-0.4, -0.2) is 15.8 Å². The van der Waals surface area contributed by atoms with Gasteiger partial charge in [0.25, 0.3) is 0 Å². The summed E-state index contributed by atoms with van der Waals surface area (Å²) in [5.74, 6) is 1.11. The summed E-state index contributed by atoms with van der Waals surface area (Å²) in [6.45, 7) is 11.7. The van der Waals surface area contributed by atoms with Crippen LogP contribution in [0.5, 0.6) is 11.5 Å². The number of hydrogen-bond acceptors (Lipinski definition) is 3. The van der Waals surface area contributed by atoms with E-state index in [-0.39, 0.29) is 0 Å². The van der Waals surface area contributed by atoms with E-state index in [2.05, 4.69) is 6.58 Å². The van der Waals surface area contributed by atoms with Crippen LogP contribution >= 0.6 is 0 Å². The van der Waals surface area contributed by atoms with Gasteiger partial charge in [0, 0.05) is 5.56 Å². The number of phenolic OH excluding ortho intramolecular Hbond substituents is 1. The molecular weight excluding hydrogens is 312 g/mol. The van der Waals surface area contributed by atoms with Gasteiger partial charge in [-0.15, -0.1) is 6.58 Å². The molecule has 0 spiro atoms. The molecule has 0 amide bonds. The van der Waals surface area contributed by atoms with E-state index in [1.165, 1.54) is 6.08 Å². The fraction of sp³-hybridized carbons (Fsp3) is 0.364. The second kappa shape index (κ2) is 7.75. The zero-order valence-corrected chi connectivity index (χ0v) is 15.6. The first-order chi connectivity index (χ1) is 11.8. The standard InChI is InChI=1S/C22H28O3/c1-6-22(5,24)13-12-19-17(4)21(16(3)15(2)20(19)23)25-14-18-10-8-7-9-11-18/h6-11,23-24H,1,12-14H2,2-5H3/t22-/m1/s1. The molecule has 0 aliphatic heterocycles. The SMILES string of the molecule is C=C[C@@](C)(O)CCc1c(C)c(OCc2ccccc2)c(C)c(C)c1O. The van der Waals surface area contributed by atoms with E-state index in [0.29, 0.717) is 25.2 Å². The summed E-state index contributed by atoms with van der Waals surface area (Å²) in [6.07, 6.45) is 2.58. The van der Waals surface area contributed by atoms with Crippen molar-refractivity contribution in [3.05, 3.63) is 70.8 Å². The number of rotatable bonds is 7. The van der Waals surface area contributed by atoms with E-state index in [4.69, 9.17) is 4.74 Å². The molecule has 0 radical (unpaired) electrons. The topological polar surface area (TPSA) is 49.7 Å². The molecule has 0 heterocycles. The normalized spacial score (nSPS) is 13.3. The molecule has 3 nitrogen and oxygen atoms in total. The Morgan fingerprint density at radius 1 is 1.08 bits per heavy atom. The quantitative estimate of drug-likeness (QED) is 0.714. The molecule has 0 bridgehead atoms. The third-order valence-electron chi connectivity index (χ3n) is 4.88. The molecule has 0 fully saturated rings. The molecule has 2 N–H and O–H groups in total. The Bertz CT molecular complexity index is 746. The molecule has 134 valence electrons. The maximum Gasteiger partial charge on any atom is 0.126 e. The van der Waals surface area contributed by atoms with Crippen molar-refractivity contribution < 1.29 is 14.9 Å². The zero-order valence-electron chi connectivity index (χ0n) is 15.6. The largest absolute Gasteiger partial charge is 0.507 e. The summed E-state index contributed by atoms with van der Waals surface area (Å²) in [7, 11) is 0. The van der Waals surface area contributed by atoms with Gasteiger partial charge in [0.05, 0.1) is 5.60 Å². The third kappa shape index (κ3) is 4.43.